The summed E-state index contributed by atoms with van der Waals surface area (Å²) in [5, 5.41) is 10.2. The molecule has 9 nitrogen and oxygen atoms in total. The minimum Gasteiger partial charge on any atom is -0.343 e. The van der Waals surface area contributed by atoms with Gasteiger partial charge in [-0.25, -0.2) is 4.52 Å². The lowest BCUT2D eigenvalue weighted by Gasteiger charge is -2.39. The van der Waals surface area contributed by atoms with Crippen LogP contribution in [0.2, 0.25) is 0 Å². The first-order valence-electron chi connectivity index (χ1n) is 12.4. The molecule has 9 heteroatoms. The fraction of sp³-hybridized carbons (Fsp3) is 0.600. The predicted octanol–water partition coefficient (Wildman–Crippen LogP) is 1.60. The van der Waals surface area contributed by atoms with Gasteiger partial charge in [-0.05, 0) is 57.4 Å². The molecule has 34 heavy (non-hydrogen) atoms. The van der Waals surface area contributed by atoms with Crippen LogP contribution in [-0.2, 0) is 9.59 Å². The number of nitrogens with one attached hydrogen (secondary N) is 2. The van der Waals surface area contributed by atoms with Crippen molar-refractivity contribution in [2.24, 2.45) is 5.92 Å². The lowest BCUT2D eigenvalue weighted by Crippen LogP contribution is -2.59. The molecule has 3 heterocycles. The van der Waals surface area contributed by atoms with E-state index in [0.29, 0.717) is 31.7 Å². The average molecular weight is 469 g/mol. The Morgan fingerprint density at radius 1 is 1.06 bits per heavy atom. The van der Waals surface area contributed by atoms with E-state index in [1.807, 2.05) is 35.1 Å². The number of piperazine rings is 1. The molecular formula is C25H36N6O3. The van der Waals surface area contributed by atoms with E-state index in [1.165, 1.54) is 6.42 Å². The maximum atomic E-state index is 13.5. The van der Waals surface area contributed by atoms with E-state index in [2.05, 4.69) is 15.7 Å². The Labute approximate surface area is 200 Å². The Morgan fingerprint density at radius 2 is 1.74 bits per heavy atom. The zero-order valence-corrected chi connectivity index (χ0v) is 20.4. The van der Waals surface area contributed by atoms with Crippen molar-refractivity contribution in [1.82, 2.24) is 30.0 Å². The van der Waals surface area contributed by atoms with Gasteiger partial charge in [0, 0.05) is 44.1 Å². The van der Waals surface area contributed by atoms with Gasteiger partial charge < -0.3 is 20.4 Å². The topological polar surface area (TPSA) is 99.0 Å². The van der Waals surface area contributed by atoms with E-state index >= 15 is 0 Å². The van der Waals surface area contributed by atoms with Crippen molar-refractivity contribution in [3.63, 3.8) is 0 Å². The van der Waals surface area contributed by atoms with Crippen molar-refractivity contribution < 1.29 is 14.4 Å². The third kappa shape index (κ3) is 5.09. The number of carbonyl (C=O) groups is 3. The maximum absolute atomic E-state index is 13.5. The van der Waals surface area contributed by atoms with Crippen LogP contribution in [0.5, 0.6) is 0 Å². The van der Waals surface area contributed by atoms with Crippen molar-refractivity contribution in [3.05, 3.63) is 35.7 Å². The average Bonchev–Trinajstić information content (AvgIpc) is 3.33. The van der Waals surface area contributed by atoms with Crippen LogP contribution >= 0.6 is 0 Å². The van der Waals surface area contributed by atoms with Crippen LogP contribution in [0.1, 0.15) is 54.9 Å². The lowest BCUT2D eigenvalue weighted by atomic mass is 9.83. The maximum Gasteiger partial charge on any atom is 0.254 e. The van der Waals surface area contributed by atoms with Crippen molar-refractivity contribution in [2.75, 3.05) is 33.2 Å². The molecule has 1 unspecified atom stereocenters. The summed E-state index contributed by atoms with van der Waals surface area (Å²) in [4.78, 5) is 43.0. The van der Waals surface area contributed by atoms with Gasteiger partial charge in [0.15, 0.2) is 0 Å². The lowest BCUT2D eigenvalue weighted by molar-refractivity contribution is -0.140. The third-order valence-corrected chi connectivity index (χ3v) is 7.35. The van der Waals surface area contributed by atoms with E-state index < -0.39 is 6.04 Å². The Kier molecular flexibility index (Phi) is 7.50. The molecule has 1 saturated heterocycles. The second-order valence-electron chi connectivity index (χ2n) is 9.58. The Hall–Kier alpha value is -2.94. The Bertz CT molecular complexity index is 1040. The van der Waals surface area contributed by atoms with Gasteiger partial charge in [-0.1, -0.05) is 19.3 Å². The number of rotatable bonds is 6. The van der Waals surface area contributed by atoms with E-state index in [1.54, 1.807) is 24.7 Å². The summed E-state index contributed by atoms with van der Waals surface area (Å²) in [7, 11) is 1.74. The Morgan fingerprint density at radius 3 is 2.41 bits per heavy atom. The third-order valence-electron chi connectivity index (χ3n) is 7.35. The van der Waals surface area contributed by atoms with E-state index in [4.69, 9.17) is 0 Å². The largest absolute Gasteiger partial charge is 0.343 e. The second kappa shape index (κ2) is 10.5. The highest BCUT2D eigenvalue weighted by atomic mass is 16.2. The first-order valence-corrected chi connectivity index (χ1v) is 12.4. The van der Waals surface area contributed by atoms with E-state index in [0.717, 1.165) is 36.8 Å². The Balaban J connectivity index is 1.42. The molecule has 1 aliphatic carbocycles. The fourth-order valence-electron chi connectivity index (χ4n) is 5.05. The normalized spacial score (nSPS) is 19.1. The van der Waals surface area contributed by atoms with Gasteiger partial charge in [0.05, 0.1) is 11.6 Å². The zero-order valence-electron chi connectivity index (χ0n) is 20.4. The molecule has 1 saturated carbocycles. The highest BCUT2D eigenvalue weighted by Crippen LogP contribution is 2.28. The van der Waals surface area contributed by atoms with Crippen LogP contribution in [0.3, 0.4) is 0 Å². The van der Waals surface area contributed by atoms with Crippen LogP contribution in [0.25, 0.3) is 5.52 Å². The summed E-state index contributed by atoms with van der Waals surface area (Å²) in [6, 6.07) is 2.89. The molecule has 1 aliphatic heterocycles. The van der Waals surface area contributed by atoms with Crippen LogP contribution in [-0.4, -0.2) is 82.4 Å². The van der Waals surface area contributed by atoms with Crippen LogP contribution in [0.15, 0.2) is 24.5 Å². The smallest absolute Gasteiger partial charge is 0.254 e. The monoisotopic (exact) mass is 468 g/mol. The van der Waals surface area contributed by atoms with Crippen molar-refractivity contribution in [3.8, 4) is 0 Å². The molecule has 0 bridgehead atoms. The molecule has 2 N–H and O–H groups in total. The molecule has 184 valence electrons. The standard InChI is InChI=1S/C25H36N6O3/c1-17-16-31-20(9-10-27-31)15-21(17)24(33)29-11-13-30(14-12-29)25(34)22(19-7-5-4-6-8-19)28-23(32)18(2)26-3/h9-10,15-16,18-19,22,26H,4-8,11-14H2,1-3H3,(H,28,32)/t18-,22?/m0/s1. The molecule has 3 amide bonds. The number of hydrogen-bond acceptors (Lipinski definition) is 5. The van der Waals surface area contributed by atoms with Gasteiger partial charge in [-0.15, -0.1) is 0 Å². The SMILES string of the molecule is CN[C@@H](C)C(=O)NC(C(=O)N1CCN(C(=O)c2cc3ccnn3cc2C)CC1)C1CCCCC1. The summed E-state index contributed by atoms with van der Waals surface area (Å²) in [6.07, 6.45) is 8.87. The van der Waals surface area contributed by atoms with Gasteiger partial charge >= 0.3 is 0 Å². The summed E-state index contributed by atoms with van der Waals surface area (Å²) < 4.78 is 1.76. The molecule has 0 radical (unpaired) electrons. The molecule has 0 aromatic carbocycles. The van der Waals surface area contributed by atoms with Crippen molar-refractivity contribution in [2.45, 2.75) is 58.0 Å². The molecule has 2 aliphatic rings. The minimum atomic E-state index is -0.502. The van der Waals surface area contributed by atoms with Crippen LogP contribution < -0.4 is 10.6 Å². The van der Waals surface area contributed by atoms with Gasteiger partial charge in [0.1, 0.15) is 6.04 Å². The molecular weight excluding hydrogens is 432 g/mol. The number of amides is 3. The number of hydrogen-bond donors (Lipinski definition) is 2. The quantitative estimate of drug-likeness (QED) is 0.671. The number of nitrogens with zero attached hydrogens (tertiary/aromatic N) is 4. The van der Waals surface area contributed by atoms with Gasteiger partial charge in [0.2, 0.25) is 11.8 Å². The number of fused-ring (bicyclic) bond motifs is 1. The van der Waals surface area contributed by atoms with Crippen molar-refractivity contribution in [1.29, 1.82) is 0 Å². The number of aryl methyl sites for hydroxylation is 1. The highest BCUT2D eigenvalue weighted by molar-refractivity contribution is 5.97. The van der Waals surface area contributed by atoms with E-state index in [-0.39, 0.29) is 29.7 Å². The molecule has 2 atom stereocenters. The summed E-state index contributed by atoms with van der Waals surface area (Å²) in [6.45, 7) is 5.61. The second-order valence-corrected chi connectivity index (χ2v) is 9.58. The predicted molar refractivity (Wildman–Crippen MR) is 129 cm³/mol. The molecule has 2 fully saturated rings. The summed E-state index contributed by atoms with van der Waals surface area (Å²) in [5.41, 5.74) is 2.42. The minimum absolute atomic E-state index is 0.0201. The zero-order chi connectivity index (χ0) is 24.2. The number of likely N-dealkylation sites (N-methyl/N-ethyl adjacent to an activating group) is 1. The number of aromatic nitrogens is 2. The number of carbonyl (C=O) groups excluding carboxylic acids is 3. The first-order chi connectivity index (χ1) is 16.4. The number of pyridine rings is 1. The van der Waals surface area contributed by atoms with Crippen LogP contribution in [0, 0.1) is 12.8 Å². The fourth-order valence-corrected chi connectivity index (χ4v) is 5.05. The van der Waals surface area contributed by atoms with Crippen molar-refractivity contribution >= 4 is 23.2 Å². The molecule has 4 rings (SSSR count). The van der Waals surface area contributed by atoms with E-state index in [9.17, 15) is 14.4 Å². The summed E-state index contributed by atoms with van der Waals surface area (Å²) in [5.74, 6) is -0.0225. The highest BCUT2D eigenvalue weighted by Gasteiger charge is 2.36. The molecule has 2 aromatic heterocycles. The van der Waals surface area contributed by atoms with Gasteiger partial charge in [-0.3, -0.25) is 14.4 Å². The molecule has 2 aromatic rings. The summed E-state index contributed by atoms with van der Waals surface area (Å²) >= 11 is 0. The first kappa shape index (κ1) is 24.2. The molecule has 0 spiro atoms. The van der Waals surface area contributed by atoms with Crippen LogP contribution in [0.4, 0.5) is 0 Å². The van der Waals surface area contributed by atoms with Gasteiger partial charge in [-0.2, -0.15) is 5.10 Å². The van der Waals surface area contributed by atoms with Gasteiger partial charge in [0.25, 0.3) is 5.91 Å².